The molecule has 2 nitrogen and oxygen atoms in total. The third-order valence-electron chi connectivity index (χ3n) is 3.87. The lowest BCUT2D eigenvalue weighted by Gasteiger charge is -2.18. The molecule has 18 heavy (non-hydrogen) atoms. The summed E-state index contributed by atoms with van der Waals surface area (Å²) in [7, 11) is 0. The Morgan fingerprint density at radius 2 is 2.00 bits per heavy atom. The summed E-state index contributed by atoms with van der Waals surface area (Å²) >= 11 is 0. The number of para-hydroxylation sites is 1. The summed E-state index contributed by atoms with van der Waals surface area (Å²) in [4.78, 5) is 0. The number of rotatable bonds is 7. The molecule has 2 N–H and O–H groups in total. The van der Waals surface area contributed by atoms with Gasteiger partial charge in [0.15, 0.2) is 0 Å². The molecule has 0 radical (unpaired) electrons. The van der Waals surface area contributed by atoms with Gasteiger partial charge in [-0.3, -0.25) is 0 Å². The lowest BCUT2D eigenvalue weighted by atomic mass is 10.0. The number of benzene rings is 1. The van der Waals surface area contributed by atoms with Crippen LogP contribution >= 0.6 is 0 Å². The molecule has 2 heteroatoms. The van der Waals surface area contributed by atoms with Gasteiger partial charge in [0, 0.05) is 5.69 Å². The molecular formula is C16H25NO. The molecular weight excluding hydrogens is 222 g/mol. The Labute approximate surface area is 110 Å². The van der Waals surface area contributed by atoms with Crippen LogP contribution in [-0.2, 0) is 6.42 Å². The highest BCUT2D eigenvalue weighted by atomic mass is 16.3. The lowest BCUT2D eigenvalue weighted by Crippen LogP contribution is -2.31. The summed E-state index contributed by atoms with van der Waals surface area (Å²) in [6.45, 7) is 2.23. The van der Waals surface area contributed by atoms with Gasteiger partial charge in [0.2, 0.25) is 0 Å². The maximum absolute atomic E-state index is 10.2. The van der Waals surface area contributed by atoms with E-state index in [4.69, 9.17) is 0 Å². The van der Waals surface area contributed by atoms with E-state index in [1.165, 1.54) is 36.9 Å². The van der Waals surface area contributed by atoms with Crippen molar-refractivity contribution in [2.45, 2.75) is 64.0 Å². The summed E-state index contributed by atoms with van der Waals surface area (Å²) in [5, 5.41) is 13.7. The number of hydrogen-bond donors (Lipinski definition) is 2. The average Bonchev–Trinajstić information content (AvgIpc) is 2.82. The largest absolute Gasteiger partial charge is 0.391 e. The molecule has 100 valence electrons. The Balaban J connectivity index is 1.70. The number of aliphatic hydroxyl groups is 1. The molecule has 0 spiro atoms. The average molecular weight is 247 g/mol. The predicted octanol–water partition coefficient (Wildman–Crippen LogP) is 3.74. The van der Waals surface area contributed by atoms with Gasteiger partial charge in [-0.05, 0) is 24.5 Å². The van der Waals surface area contributed by atoms with Crippen LogP contribution in [-0.4, -0.2) is 17.3 Å². The minimum atomic E-state index is -0.209. The van der Waals surface area contributed by atoms with Crippen LogP contribution in [0, 0.1) is 0 Å². The molecule has 0 saturated carbocycles. The van der Waals surface area contributed by atoms with Crippen LogP contribution in [0.3, 0.4) is 0 Å². The number of anilines is 1. The Morgan fingerprint density at radius 1 is 1.22 bits per heavy atom. The maximum Gasteiger partial charge on any atom is 0.0744 e. The van der Waals surface area contributed by atoms with Crippen molar-refractivity contribution in [2.75, 3.05) is 5.32 Å². The quantitative estimate of drug-likeness (QED) is 0.719. The molecule has 2 rings (SSSR count). The van der Waals surface area contributed by atoms with Crippen LogP contribution in [0.4, 0.5) is 5.69 Å². The minimum absolute atomic E-state index is 0.209. The van der Waals surface area contributed by atoms with Crippen molar-refractivity contribution in [3.05, 3.63) is 29.8 Å². The van der Waals surface area contributed by atoms with E-state index in [0.717, 1.165) is 19.3 Å². The fraction of sp³-hybridized carbons (Fsp3) is 0.625. The SMILES string of the molecule is CCCCCCCC(O)C1Cc2ccccc2N1. The highest BCUT2D eigenvalue weighted by Gasteiger charge is 2.25. The Morgan fingerprint density at radius 3 is 2.78 bits per heavy atom. The van der Waals surface area contributed by atoms with Crippen LogP contribution in [0.2, 0.25) is 0 Å². The third-order valence-corrected chi connectivity index (χ3v) is 3.87. The van der Waals surface area contributed by atoms with Gasteiger partial charge in [0.25, 0.3) is 0 Å². The molecule has 0 bridgehead atoms. The van der Waals surface area contributed by atoms with Gasteiger partial charge in [0.05, 0.1) is 12.1 Å². The van der Waals surface area contributed by atoms with Crippen LogP contribution < -0.4 is 5.32 Å². The van der Waals surface area contributed by atoms with E-state index in [2.05, 4.69) is 30.4 Å². The minimum Gasteiger partial charge on any atom is -0.391 e. The number of aliphatic hydroxyl groups excluding tert-OH is 1. The van der Waals surface area contributed by atoms with Gasteiger partial charge in [-0.1, -0.05) is 57.2 Å². The summed E-state index contributed by atoms with van der Waals surface area (Å²) in [5.74, 6) is 0. The fourth-order valence-corrected chi connectivity index (χ4v) is 2.72. The van der Waals surface area contributed by atoms with Crippen LogP contribution in [0.5, 0.6) is 0 Å². The monoisotopic (exact) mass is 247 g/mol. The molecule has 0 amide bonds. The van der Waals surface area contributed by atoms with Crippen molar-refractivity contribution < 1.29 is 5.11 Å². The topological polar surface area (TPSA) is 32.3 Å². The van der Waals surface area contributed by atoms with Crippen LogP contribution in [0.1, 0.15) is 51.0 Å². The van der Waals surface area contributed by atoms with Crippen molar-refractivity contribution in [2.24, 2.45) is 0 Å². The van der Waals surface area contributed by atoms with Crippen molar-refractivity contribution in [3.8, 4) is 0 Å². The van der Waals surface area contributed by atoms with Crippen molar-refractivity contribution in [1.82, 2.24) is 0 Å². The first-order chi connectivity index (χ1) is 8.81. The van der Waals surface area contributed by atoms with E-state index in [1.807, 2.05) is 6.07 Å². The van der Waals surface area contributed by atoms with E-state index in [1.54, 1.807) is 0 Å². The van der Waals surface area contributed by atoms with E-state index in [-0.39, 0.29) is 12.1 Å². The first-order valence-corrected chi connectivity index (χ1v) is 7.33. The molecule has 1 aliphatic rings. The number of unbranched alkanes of at least 4 members (excludes halogenated alkanes) is 4. The standard InChI is InChI=1S/C16H25NO/c1-2-3-4-5-6-11-16(18)15-12-13-9-7-8-10-14(13)17-15/h7-10,15-18H,2-6,11-12H2,1H3. The molecule has 0 aliphatic carbocycles. The van der Waals surface area contributed by atoms with Gasteiger partial charge in [0.1, 0.15) is 0 Å². The highest BCUT2D eigenvalue weighted by molar-refractivity contribution is 5.56. The fourth-order valence-electron chi connectivity index (χ4n) is 2.72. The van der Waals surface area contributed by atoms with Gasteiger partial charge in [-0.25, -0.2) is 0 Å². The number of hydrogen-bond acceptors (Lipinski definition) is 2. The molecule has 1 aromatic rings. The van der Waals surface area contributed by atoms with Gasteiger partial charge in [-0.2, -0.15) is 0 Å². The molecule has 0 saturated heterocycles. The smallest absolute Gasteiger partial charge is 0.0744 e. The summed E-state index contributed by atoms with van der Waals surface area (Å²) in [6, 6.07) is 8.58. The number of nitrogens with one attached hydrogen (secondary N) is 1. The molecule has 1 aliphatic heterocycles. The zero-order chi connectivity index (χ0) is 12.8. The Kier molecular flexibility index (Phi) is 5.06. The lowest BCUT2D eigenvalue weighted by molar-refractivity contribution is 0.141. The van der Waals surface area contributed by atoms with Gasteiger partial charge < -0.3 is 10.4 Å². The van der Waals surface area contributed by atoms with E-state index in [0.29, 0.717) is 0 Å². The van der Waals surface area contributed by atoms with Crippen molar-refractivity contribution >= 4 is 5.69 Å². The summed E-state index contributed by atoms with van der Waals surface area (Å²) in [6.07, 6.45) is 7.99. The predicted molar refractivity (Wildman–Crippen MR) is 76.9 cm³/mol. The van der Waals surface area contributed by atoms with Crippen LogP contribution in [0.25, 0.3) is 0 Å². The summed E-state index contributed by atoms with van der Waals surface area (Å²) < 4.78 is 0. The molecule has 2 unspecified atom stereocenters. The second kappa shape index (κ2) is 6.79. The van der Waals surface area contributed by atoms with E-state index < -0.39 is 0 Å². The first kappa shape index (κ1) is 13.4. The van der Waals surface area contributed by atoms with Crippen LogP contribution in [0.15, 0.2) is 24.3 Å². The highest BCUT2D eigenvalue weighted by Crippen LogP contribution is 2.27. The number of fused-ring (bicyclic) bond motifs is 1. The first-order valence-electron chi connectivity index (χ1n) is 7.33. The van der Waals surface area contributed by atoms with Gasteiger partial charge >= 0.3 is 0 Å². The second-order valence-corrected chi connectivity index (χ2v) is 5.38. The zero-order valence-electron chi connectivity index (χ0n) is 11.4. The summed E-state index contributed by atoms with van der Waals surface area (Å²) in [5.41, 5.74) is 2.54. The zero-order valence-corrected chi connectivity index (χ0v) is 11.4. The van der Waals surface area contributed by atoms with E-state index >= 15 is 0 Å². The van der Waals surface area contributed by atoms with E-state index in [9.17, 15) is 5.11 Å². The second-order valence-electron chi connectivity index (χ2n) is 5.38. The van der Waals surface area contributed by atoms with Gasteiger partial charge in [-0.15, -0.1) is 0 Å². The van der Waals surface area contributed by atoms with Crippen molar-refractivity contribution in [1.29, 1.82) is 0 Å². The molecule has 2 atom stereocenters. The molecule has 0 fully saturated rings. The normalized spacial score (nSPS) is 19.3. The third kappa shape index (κ3) is 3.49. The van der Waals surface area contributed by atoms with Crippen molar-refractivity contribution in [3.63, 3.8) is 0 Å². The Bertz CT molecular complexity index is 339. The Hall–Kier alpha value is -1.02. The molecule has 1 aromatic carbocycles. The molecule has 0 aromatic heterocycles. The maximum atomic E-state index is 10.2. The molecule has 1 heterocycles.